The van der Waals surface area contributed by atoms with E-state index >= 15 is 0 Å². The summed E-state index contributed by atoms with van der Waals surface area (Å²) in [6.45, 7) is 1.12. The van der Waals surface area contributed by atoms with E-state index in [1.807, 2.05) is 0 Å². The molecule has 1 atom stereocenters. The molecule has 1 aliphatic rings. The van der Waals surface area contributed by atoms with E-state index in [0.29, 0.717) is 29.0 Å². The van der Waals surface area contributed by atoms with Gasteiger partial charge in [-0.2, -0.15) is 5.10 Å². The van der Waals surface area contributed by atoms with Crippen LogP contribution in [0.5, 0.6) is 0 Å². The minimum absolute atomic E-state index is 0.105. The van der Waals surface area contributed by atoms with Crippen LogP contribution >= 0.6 is 23.2 Å². The second kappa shape index (κ2) is 7.34. The van der Waals surface area contributed by atoms with E-state index in [1.54, 1.807) is 25.2 Å². The van der Waals surface area contributed by atoms with Crippen molar-refractivity contribution in [2.75, 3.05) is 19.3 Å². The first kappa shape index (κ1) is 19.4. The summed E-state index contributed by atoms with van der Waals surface area (Å²) in [6, 6.07) is 5.18. The van der Waals surface area contributed by atoms with Gasteiger partial charge in [-0.15, -0.1) is 0 Å². The molecule has 1 unspecified atom stereocenters. The molecule has 0 saturated carbocycles. The van der Waals surface area contributed by atoms with Crippen molar-refractivity contribution in [3.8, 4) is 0 Å². The third kappa shape index (κ3) is 3.98. The van der Waals surface area contributed by atoms with Crippen LogP contribution in [0.25, 0.3) is 0 Å². The van der Waals surface area contributed by atoms with Gasteiger partial charge < -0.3 is 0 Å². The van der Waals surface area contributed by atoms with E-state index < -0.39 is 10.0 Å². The highest BCUT2D eigenvalue weighted by atomic mass is 35.5. The zero-order valence-electron chi connectivity index (χ0n) is 14.5. The van der Waals surface area contributed by atoms with Crippen molar-refractivity contribution < 1.29 is 8.42 Å². The lowest BCUT2D eigenvalue weighted by molar-refractivity contribution is 0.307. The molecule has 0 N–H and O–H groups in total. The SMILES string of the molecule is Cn1c(C2CCCN(S(C)(=O)=O)C2)nn(Cc2ccc(Cl)c(Cl)c2)c1=O. The summed E-state index contributed by atoms with van der Waals surface area (Å²) in [5.74, 6) is 0.495. The smallest absolute Gasteiger partial charge is 0.282 e. The largest absolute Gasteiger partial charge is 0.345 e. The minimum atomic E-state index is -3.26. The van der Waals surface area contributed by atoms with Crippen LogP contribution in [0.1, 0.15) is 30.1 Å². The Morgan fingerprint density at radius 2 is 2.00 bits per heavy atom. The topological polar surface area (TPSA) is 77.2 Å². The van der Waals surface area contributed by atoms with Gasteiger partial charge in [0.1, 0.15) is 5.82 Å². The van der Waals surface area contributed by atoms with Crippen molar-refractivity contribution >= 4 is 33.2 Å². The highest BCUT2D eigenvalue weighted by molar-refractivity contribution is 7.88. The van der Waals surface area contributed by atoms with E-state index in [2.05, 4.69) is 5.10 Å². The third-order valence-electron chi connectivity index (χ3n) is 4.61. The molecule has 0 bridgehead atoms. The zero-order chi connectivity index (χ0) is 19.1. The Kier molecular flexibility index (Phi) is 5.48. The van der Waals surface area contributed by atoms with Crippen LogP contribution in [0.4, 0.5) is 0 Å². The number of hydrogen-bond acceptors (Lipinski definition) is 4. The number of piperidine rings is 1. The van der Waals surface area contributed by atoms with Gasteiger partial charge in [0.15, 0.2) is 0 Å². The van der Waals surface area contributed by atoms with Crippen molar-refractivity contribution in [3.63, 3.8) is 0 Å². The van der Waals surface area contributed by atoms with E-state index in [-0.39, 0.29) is 18.2 Å². The van der Waals surface area contributed by atoms with E-state index in [4.69, 9.17) is 23.2 Å². The summed E-state index contributed by atoms with van der Waals surface area (Å²) >= 11 is 12.0. The molecule has 2 heterocycles. The third-order valence-corrected chi connectivity index (χ3v) is 6.62. The van der Waals surface area contributed by atoms with Crippen LogP contribution in [-0.4, -0.2) is 46.4 Å². The predicted molar refractivity (Wildman–Crippen MR) is 101 cm³/mol. The highest BCUT2D eigenvalue weighted by Crippen LogP contribution is 2.26. The maximum atomic E-state index is 12.5. The minimum Gasteiger partial charge on any atom is -0.282 e. The molecule has 0 amide bonds. The molecule has 10 heteroatoms. The van der Waals surface area contributed by atoms with Crippen molar-refractivity contribution in [3.05, 3.63) is 50.1 Å². The van der Waals surface area contributed by atoms with Gasteiger partial charge in [0.2, 0.25) is 10.0 Å². The molecule has 142 valence electrons. The van der Waals surface area contributed by atoms with Crippen molar-refractivity contribution in [2.24, 2.45) is 7.05 Å². The first-order chi connectivity index (χ1) is 12.2. The number of halogens is 2. The summed E-state index contributed by atoms with van der Waals surface area (Å²) in [4.78, 5) is 12.5. The first-order valence-corrected chi connectivity index (χ1v) is 10.8. The Bertz CT molecular complexity index is 984. The summed E-state index contributed by atoms with van der Waals surface area (Å²) in [6.07, 6.45) is 2.74. The Morgan fingerprint density at radius 3 is 2.65 bits per heavy atom. The number of benzene rings is 1. The standard InChI is InChI=1S/C16H20Cl2N4O3S/c1-20-15(12-4-3-7-21(10-12)26(2,24)25)19-22(16(20)23)9-11-5-6-13(17)14(18)8-11/h5-6,8,12H,3-4,7,9-10H2,1-2H3. The van der Waals surface area contributed by atoms with E-state index in [9.17, 15) is 13.2 Å². The second-order valence-corrected chi connectivity index (χ2v) is 9.36. The fraction of sp³-hybridized carbons (Fsp3) is 0.500. The van der Waals surface area contributed by atoms with Gasteiger partial charge in [0, 0.05) is 26.1 Å². The molecule has 26 heavy (non-hydrogen) atoms. The van der Waals surface area contributed by atoms with Gasteiger partial charge in [0.25, 0.3) is 0 Å². The normalized spacial score (nSPS) is 19.0. The summed E-state index contributed by atoms with van der Waals surface area (Å²) in [5, 5.41) is 5.34. The first-order valence-electron chi connectivity index (χ1n) is 8.19. The monoisotopic (exact) mass is 418 g/mol. The van der Waals surface area contributed by atoms with Gasteiger partial charge in [-0.1, -0.05) is 29.3 Å². The Morgan fingerprint density at radius 1 is 1.27 bits per heavy atom. The molecule has 2 aromatic rings. The molecule has 0 aliphatic carbocycles. The Labute approximate surface area is 162 Å². The molecule has 0 radical (unpaired) electrons. The molecule has 3 rings (SSSR count). The van der Waals surface area contributed by atoms with Crippen LogP contribution in [0.2, 0.25) is 10.0 Å². The highest BCUT2D eigenvalue weighted by Gasteiger charge is 2.30. The summed E-state index contributed by atoms with van der Waals surface area (Å²) in [5.41, 5.74) is 0.565. The van der Waals surface area contributed by atoms with Crippen molar-refractivity contribution in [1.29, 1.82) is 0 Å². The average molecular weight is 419 g/mol. The maximum absolute atomic E-state index is 12.5. The number of hydrogen-bond donors (Lipinski definition) is 0. The Balaban J connectivity index is 1.87. The van der Waals surface area contributed by atoms with Crippen LogP contribution in [-0.2, 0) is 23.6 Å². The maximum Gasteiger partial charge on any atom is 0.345 e. The van der Waals surface area contributed by atoms with Gasteiger partial charge in [-0.25, -0.2) is 22.2 Å². The van der Waals surface area contributed by atoms with Gasteiger partial charge in [-0.3, -0.25) is 4.57 Å². The number of nitrogens with zero attached hydrogens (tertiary/aromatic N) is 4. The molecular formula is C16H20Cl2N4O3S. The molecule has 0 spiro atoms. The second-order valence-electron chi connectivity index (χ2n) is 6.57. The predicted octanol–water partition coefficient (Wildman–Crippen LogP) is 2.08. The fourth-order valence-corrected chi connectivity index (χ4v) is 4.46. The summed E-state index contributed by atoms with van der Waals surface area (Å²) < 4.78 is 28.0. The average Bonchev–Trinajstić information content (AvgIpc) is 2.86. The van der Waals surface area contributed by atoms with Gasteiger partial charge >= 0.3 is 5.69 Å². The van der Waals surface area contributed by atoms with Crippen LogP contribution in [0.15, 0.2) is 23.0 Å². The molecule has 7 nitrogen and oxygen atoms in total. The van der Waals surface area contributed by atoms with Crippen LogP contribution in [0, 0.1) is 0 Å². The quantitative estimate of drug-likeness (QED) is 0.761. The Hall–Kier alpha value is -1.35. The molecule has 1 aromatic carbocycles. The molecule has 1 saturated heterocycles. The number of sulfonamides is 1. The van der Waals surface area contributed by atoms with E-state index in [1.165, 1.54) is 19.8 Å². The molecular weight excluding hydrogens is 399 g/mol. The zero-order valence-corrected chi connectivity index (χ0v) is 16.9. The van der Waals surface area contributed by atoms with Crippen LogP contribution < -0.4 is 5.69 Å². The number of aromatic nitrogens is 3. The van der Waals surface area contributed by atoms with Gasteiger partial charge in [-0.05, 0) is 30.5 Å². The molecule has 1 fully saturated rings. The lowest BCUT2D eigenvalue weighted by atomic mass is 9.99. The lowest BCUT2D eigenvalue weighted by Gasteiger charge is -2.30. The van der Waals surface area contributed by atoms with Crippen molar-refractivity contribution in [2.45, 2.75) is 25.3 Å². The fourth-order valence-electron chi connectivity index (χ4n) is 3.23. The summed E-state index contributed by atoms with van der Waals surface area (Å²) in [7, 11) is -1.59. The molecule has 1 aliphatic heterocycles. The van der Waals surface area contributed by atoms with E-state index in [0.717, 1.165) is 18.4 Å². The molecule has 1 aromatic heterocycles. The number of rotatable bonds is 4. The lowest BCUT2D eigenvalue weighted by Crippen LogP contribution is -2.39. The van der Waals surface area contributed by atoms with Crippen molar-refractivity contribution in [1.82, 2.24) is 18.7 Å². The van der Waals surface area contributed by atoms with Crippen LogP contribution in [0.3, 0.4) is 0 Å². The van der Waals surface area contributed by atoms with Gasteiger partial charge in [0.05, 0.1) is 22.8 Å².